The van der Waals surface area contributed by atoms with Gasteiger partial charge in [0.15, 0.2) is 5.96 Å². The van der Waals surface area contributed by atoms with Gasteiger partial charge in [0.1, 0.15) is 11.5 Å². The lowest BCUT2D eigenvalue weighted by Gasteiger charge is -2.18. The van der Waals surface area contributed by atoms with Gasteiger partial charge in [-0.1, -0.05) is 37.3 Å². The third-order valence-electron chi connectivity index (χ3n) is 4.93. The molecule has 27 heavy (non-hydrogen) atoms. The average molecular weight is 367 g/mol. The van der Waals surface area contributed by atoms with Gasteiger partial charge in [-0.3, -0.25) is 4.99 Å². The van der Waals surface area contributed by atoms with Crippen LogP contribution in [-0.2, 0) is 12.8 Å². The summed E-state index contributed by atoms with van der Waals surface area (Å²) >= 11 is 0. The zero-order valence-electron chi connectivity index (χ0n) is 16.4. The Morgan fingerprint density at radius 3 is 2.89 bits per heavy atom. The Labute approximate surface area is 161 Å². The van der Waals surface area contributed by atoms with Gasteiger partial charge < -0.3 is 20.1 Å². The van der Waals surface area contributed by atoms with Crippen molar-refractivity contribution in [3.63, 3.8) is 0 Å². The molecule has 0 amide bonds. The normalized spacial score (nSPS) is 14.3. The second-order valence-corrected chi connectivity index (χ2v) is 6.81. The van der Waals surface area contributed by atoms with E-state index in [0.717, 1.165) is 50.0 Å². The van der Waals surface area contributed by atoms with E-state index < -0.39 is 0 Å². The summed E-state index contributed by atoms with van der Waals surface area (Å²) in [5.41, 5.74) is 3.84. The molecule has 2 aromatic rings. The second-order valence-electron chi connectivity index (χ2n) is 6.81. The number of methoxy groups -OCH3 is 1. The van der Waals surface area contributed by atoms with Gasteiger partial charge in [-0.25, -0.2) is 0 Å². The topological polar surface area (TPSA) is 54.9 Å². The van der Waals surface area contributed by atoms with Gasteiger partial charge in [-0.2, -0.15) is 0 Å². The number of rotatable bonds is 7. The summed E-state index contributed by atoms with van der Waals surface area (Å²) in [5.74, 6) is 3.10. The van der Waals surface area contributed by atoms with Gasteiger partial charge >= 0.3 is 0 Å². The number of aliphatic imine (C=N–C) groups is 1. The maximum absolute atomic E-state index is 5.57. The summed E-state index contributed by atoms with van der Waals surface area (Å²) in [5, 5.41) is 6.81. The molecule has 0 aliphatic carbocycles. The minimum absolute atomic E-state index is 0.316. The number of nitrogens with one attached hydrogen (secondary N) is 2. The molecule has 1 unspecified atom stereocenters. The highest BCUT2D eigenvalue weighted by Crippen LogP contribution is 2.26. The summed E-state index contributed by atoms with van der Waals surface area (Å²) in [6.45, 7) is 4.61. The number of nitrogens with zero attached hydrogens (tertiary/aromatic N) is 1. The molecule has 0 radical (unpaired) electrons. The average Bonchev–Trinajstić information content (AvgIpc) is 3.18. The summed E-state index contributed by atoms with van der Waals surface area (Å²) in [6, 6.07) is 14.6. The SMILES string of the molecule is CN=C(NCCc1ccc2c(c1)CCO2)NCC(C)c1ccccc1OC. The third-order valence-corrected chi connectivity index (χ3v) is 4.93. The Morgan fingerprint density at radius 2 is 2.07 bits per heavy atom. The van der Waals surface area contributed by atoms with E-state index in [1.807, 2.05) is 18.2 Å². The number of ether oxygens (including phenoxy) is 2. The maximum atomic E-state index is 5.57. The van der Waals surface area contributed by atoms with Crippen molar-refractivity contribution in [1.82, 2.24) is 10.6 Å². The van der Waals surface area contributed by atoms with Crippen LogP contribution < -0.4 is 20.1 Å². The first-order valence-electron chi connectivity index (χ1n) is 9.53. The first-order valence-corrected chi connectivity index (χ1v) is 9.53. The summed E-state index contributed by atoms with van der Waals surface area (Å²) in [7, 11) is 3.51. The van der Waals surface area contributed by atoms with Crippen molar-refractivity contribution in [2.75, 3.05) is 33.9 Å². The molecule has 0 spiro atoms. The highest BCUT2D eigenvalue weighted by atomic mass is 16.5. The predicted molar refractivity (Wildman–Crippen MR) is 110 cm³/mol. The lowest BCUT2D eigenvalue weighted by molar-refractivity contribution is 0.357. The Kier molecular flexibility index (Phi) is 6.58. The zero-order chi connectivity index (χ0) is 19.1. The molecule has 1 aliphatic rings. The van der Waals surface area contributed by atoms with Gasteiger partial charge in [0.2, 0.25) is 0 Å². The van der Waals surface area contributed by atoms with E-state index in [2.05, 4.69) is 46.8 Å². The minimum atomic E-state index is 0.316. The van der Waals surface area contributed by atoms with E-state index in [1.54, 1.807) is 14.2 Å². The molecule has 0 aromatic heterocycles. The molecule has 1 heterocycles. The van der Waals surface area contributed by atoms with Crippen molar-refractivity contribution in [2.24, 2.45) is 4.99 Å². The quantitative estimate of drug-likeness (QED) is 0.583. The molecular formula is C22H29N3O2. The Morgan fingerprint density at radius 1 is 1.22 bits per heavy atom. The van der Waals surface area contributed by atoms with Crippen LogP contribution in [0.3, 0.4) is 0 Å². The lowest BCUT2D eigenvalue weighted by Crippen LogP contribution is -2.39. The highest BCUT2D eigenvalue weighted by Gasteiger charge is 2.13. The fourth-order valence-corrected chi connectivity index (χ4v) is 3.37. The minimum Gasteiger partial charge on any atom is -0.496 e. The predicted octanol–water partition coefficient (Wildman–Crippen LogP) is 3.14. The molecule has 0 fully saturated rings. The molecule has 1 aliphatic heterocycles. The molecule has 2 N–H and O–H groups in total. The van der Waals surface area contributed by atoms with Crippen LogP contribution in [0.5, 0.6) is 11.5 Å². The molecule has 5 nitrogen and oxygen atoms in total. The first kappa shape index (κ1) is 19.1. The molecule has 3 rings (SSSR count). The third kappa shape index (κ3) is 4.94. The summed E-state index contributed by atoms with van der Waals surface area (Å²) in [4.78, 5) is 4.33. The standard InChI is InChI=1S/C22H29N3O2/c1-16(19-6-4-5-7-21(19)26-3)15-25-22(23-2)24-12-10-17-8-9-20-18(14-17)11-13-27-20/h4-9,14,16H,10-13,15H2,1-3H3,(H2,23,24,25). The van der Waals surface area contributed by atoms with E-state index in [-0.39, 0.29) is 0 Å². The van der Waals surface area contributed by atoms with Gasteiger partial charge in [-0.15, -0.1) is 0 Å². The maximum Gasteiger partial charge on any atom is 0.191 e. The van der Waals surface area contributed by atoms with Gasteiger partial charge in [0, 0.05) is 32.5 Å². The van der Waals surface area contributed by atoms with E-state index in [1.165, 1.54) is 16.7 Å². The Balaban J connectivity index is 1.47. The molecule has 144 valence electrons. The van der Waals surface area contributed by atoms with Crippen LogP contribution in [0.2, 0.25) is 0 Å². The summed E-state index contributed by atoms with van der Waals surface area (Å²) < 4.78 is 11.0. The van der Waals surface area contributed by atoms with E-state index in [9.17, 15) is 0 Å². The van der Waals surface area contributed by atoms with E-state index in [4.69, 9.17) is 9.47 Å². The molecule has 1 atom stereocenters. The van der Waals surface area contributed by atoms with Crippen LogP contribution in [0.4, 0.5) is 0 Å². The molecule has 0 saturated heterocycles. The molecule has 5 heteroatoms. The van der Waals surface area contributed by atoms with Gasteiger partial charge in [0.05, 0.1) is 13.7 Å². The monoisotopic (exact) mass is 367 g/mol. The number of hydrogen-bond donors (Lipinski definition) is 2. The molecule has 0 saturated carbocycles. The first-order chi connectivity index (χ1) is 13.2. The summed E-state index contributed by atoms with van der Waals surface area (Å²) in [6.07, 6.45) is 1.97. The van der Waals surface area contributed by atoms with Crippen LogP contribution in [0.15, 0.2) is 47.5 Å². The van der Waals surface area contributed by atoms with Crippen molar-refractivity contribution >= 4 is 5.96 Å². The van der Waals surface area contributed by atoms with Crippen LogP contribution >= 0.6 is 0 Å². The number of hydrogen-bond acceptors (Lipinski definition) is 3. The van der Waals surface area contributed by atoms with E-state index in [0.29, 0.717) is 5.92 Å². The lowest BCUT2D eigenvalue weighted by atomic mass is 10.0. The van der Waals surface area contributed by atoms with Crippen molar-refractivity contribution in [3.05, 3.63) is 59.2 Å². The Hall–Kier alpha value is -2.69. The van der Waals surface area contributed by atoms with E-state index >= 15 is 0 Å². The number of benzene rings is 2. The number of para-hydroxylation sites is 1. The largest absolute Gasteiger partial charge is 0.496 e. The molecule has 2 aromatic carbocycles. The van der Waals surface area contributed by atoms with Crippen molar-refractivity contribution < 1.29 is 9.47 Å². The smallest absolute Gasteiger partial charge is 0.191 e. The van der Waals surface area contributed by atoms with Crippen LogP contribution in [-0.4, -0.2) is 39.8 Å². The van der Waals surface area contributed by atoms with Crippen LogP contribution in [0.25, 0.3) is 0 Å². The Bertz CT molecular complexity index is 789. The van der Waals surface area contributed by atoms with Crippen LogP contribution in [0.1, 0.15) is 29.5 Å². The fraction of sp³-hybridized carbons (Fsp3) is 0.409. The number of fused-ring (bicyclic) bond motifs is 1. The van der Waals surface area contributed by atoms with Gasteiger partial charge in [-0.05, 0) is 35.2 Å². The molecular weight excluding hydrogens is 338 g/mol. The highest BCUT2D eigenvalue weighted by molar-refractivity contribution is 5.79. The fourth-order valence-electron chi connectivity index (χ4n) is 3.37. The van der Waals surface area contributed by atoms with Crippen molar-refractivity contribution in [2.45, 2.75) is 25.7 Å². The van der Waals surface area contributed by atoms with Crippen molar-refractivity contribution in [3.8, 4) is 11.5 Å². The van der Waals surface area contributed by atoms with Crippen LogP contribution in [0, 0.1) is 0 Å². The zero-order valence-corrected chi connectivity index (χ0v) is 16.4. The molecule has 0 bridgehead atoms. The van der Waals surface area contributed by atoms with Crippen molar-refractivity contribution in [1.29, 1.82) is 0 Å². The van der Waals surface area contributed by atoms with Gasteiger partial charge in [0.25, 0.3) is 0 Å². The second kappa shape index (κ2) is 9.31. The number of guanidine groups is 1.